The van der Waals surface area contributed by atoms with Crippen molar-refractivity contribution in [3.8, 4) is 11.4 Å². The van der Waals surface area contributed by atoms with Gasteiger partial charge in [0.1, 0.15) is 10.6 Å². The first kappa shape index (κ1) is 14.8. The zero-order valence-electron chi connectivity index (χ0n) is 10.4. The number of carbonyl (C=O) groups excluding carboxylic acids is 1. The highest BCUT2D eigenvalue weighted by molar-refractivity contribution is 9.10. The summed E-state index contributed by atoms with van der Waals surface area (Å²) in [6.45, 7) is 0. The molecular formula is C11H11BrN4O3S. The van der Waals surface area contributed by atoms with E-state index < -0.39 is 4.83 Å². The first-order valence-corrected chi connectivity index (χ1v) is 7.44. The number of alkyl halides is 1. The molecule has 0 bridgehead atoms. The number of aromatic hydroxyl groups is 1. The van der Waals surface area contributed by atoms with Crippen LogP contribution in [0, 0.1) is 0 Å². The number of carbonyl (C=O) groups is 1. The largest absolute Gasteiger partial charge is 0.508 e. The molecule has 1 unspecified atom stereocenters. The second kappa shape index (κ2) is 6.71. The minimum Gasteiger partial charge on any atom is -0.508 e. The molecule has 20 heavy (non-hydrogen) atoms. The lowest BCUT2D eigenvalue weighted by Crippen LogP contribution is -2.18. The number of rotatable bonds is 5. The predicted octanol–water partition coefficient (Wildman–Crippen LogP) is 1.40. The number of aromatic nitrogens is 4. The van der Waals surface area contributed by atoms with E-state index in [9.17, 15) is 9.90 Å². The summed E-state index contributed by atoms with van der Waals surface area (Å²) in [6, 6.07) is 6.49. The van der Waals surface area contributed by atoms with Gasteiger partial charge in [0.15, 0.2) is 0 Å². The van der Waals surface area contributed by atoms with Crippen molar-refractivity contribution in [3.63, 3.8) is 0 Å². The van der Waals surface area contributed by atoms with Crippen molar-refractivity contribution in [3.05, 3.63) is 24.3 Å². The number of hydrogen-bond acceptors (Lipinski definition) is 7. The maximum atomic E-state index is 11.3. The van der Waals surface area contributed by atoms with E-state index in [1.54, 1.807) is 24.3 Å². The Morgan fingerprint density at radius 2 is 2.20 bits per heavy atom. The highest BCUT2D eigenvalue weighted by Crippen LogP contribution is 2.22. The number of benzene rings is 1. The van der Waals surface area contributed by atoms with E-state index in [2.05, 4.69) is 36.2 Å². The van der Waals surface area contributed by atoms with E-state index in [0.29, 0.717) is 10.9 Å². The van der Waals surface area contributed by atoms with Gasteiger partial charge in [-0.2, -0.15) is 4.68 Å². The molecule has 1 N–H and O–H groups in total. The molecule has 0 saturated carbocycles. The van der Waals surface area contributed by atoms with Crippen molar-refractivity contribution < 1.29 is 14.6 Å². The standard InChI is InChI=1S/C11H11BrN4O3S/c1-19-10(18)9(12)6-20-11-13-14-15-16(11)7-2-4-8(17)5-3-7/h2-5,9,17H,6H2,1H3. The molecule has 1 atom stereocenters. The summed E-state index contributed by atoms with van der Waals surface area (Å²) in [5.41, 5.74) is 0.722. The molecule has 0 amide bonds. The number of ether oxygens (including phenoxy) is 1. The zero-order chi connectivity index (χ0) is 14.5. The summed E-state index contributed by atoms with van der Waals surface area (Å²) in [5.74, 6) is 0.258. The second-order valence-electron chi connectivity index (χ2n) is 3.69. The summed E-state index contributed by atoms with van der Waals surface area (Å²) in [6.07, 6.45) is 0. The highest BCUT2D eigenvalue weighted by Gasteiger charge is 2.18. The number of methoxy groups -OCH3 is 1. The Balaban J connectivity index is 2.09. The zero-order valence-corrected chi connectivity index (χ0v) is 12.8. The van der Waals surface area contributed by atoms with Crippen LogP contribution in [-0.4, -0.2) is 49.0 Å². The number of hydrogen-bond donors (Lipinski definition) is 1. The van der Waals surface area contributed by atoms with Crippen molar-refractivity contribution in [2.45, 2.75) is 9.98 Å². The summed E-state index contributed by atoms with van der Waals surface area (Å²) < 4.78 is 6.15. The Labute approximate surface area is 127 Å². The fourth-order valence-corrected chi connectivity index (χ4v) is 2.74. The van der Waals surface area contributed by atoms with E-state index in [4.69, 9.17) is 0 Å². The van der Waals surface area contributed by atoms with Crippen LogP contribution in [0.1, 0.15) is 0 Å². The van der Waals surface area contributed by atoms with Crippen molar-refractivity contribution in [1.29, 1.82) is 0 Å². The SMILES string of the molecule is COC(=O)C(Br)CSc1nnnn1-c1ccc(O)cc1. The van der Waals surface area contributed by atoms with Gasteiger partial charge in [0.25, 0.3) is 0 Å². The quantitative estimate of drug-likeness (QED) is 0.490. The number of esters is 1. The molecule has 1 aromatic carbocycles. The van der Waals surface area contributed by atoms with Crippen LogP contribution in [-0.2, 0) is 9.53 Å². The maximum absolute atomic E-state index is 11.3. The third-order valence-corrected chi connectivity index (χ3v) is 4.49. The topological polar surface area (TPSA) is 90.1 Å². The number of phenolic OH excluding ortho intramolecular Hbond substituents is 1. The van der Waals surface area contributed by atoms with Crippen LogP contribution in [0.4, 0.5) is 0 Å². The fourth-order valence-electron chi connectivity index (χ4n) is 1.37. The van der Waals surface area contributed by atoms with Gasteiger partial charge in [-0.3, -0.25) is 4.79 Å². The van der Waals surface area contributed by atoms with Gasteiger partial charge in [0, 0.05) is 5.75 Å². The lowest BCUT2D eigenvalue weighted by atomic mass is 10.3. The van der Waals surface area contributed by atoms with Crippen LogP contribution < -0.4 is 0 Å². The van der Waals surface area contributed by atoms with Crippen molar-refractivity contribution >= 4 is 33.7 Å². The van der Waals surface area contributed by atoms with Crippen LogP contribution >= 0.6 is 27.7 Å². The van der Waals surface area contributed by atoms with Crippen molar-refractivity contribution in [2.75, 3.05) is 12.9 Å². The van der Waals surface area contributed by atoms with Gasteiger partial charge in [-0.1, -0.05) is 27.7 Å². The van der Waals surface area contributed by atoms with Gasteiger partial charge < -0.3 is 9.84 Å². The number of nitrogens with zero attached hydrogens (tertiary/aromatic N) is 4. The molecule has 2 rings (SSSR count). The average molecular weight is 359 g/mol. The molecule has 0 aliphatic carbocycles. The first-order chi connectivity index (χ1) is 9.61. The Kier molecular flexibility index (Phi) is 4.96. The van der Waals surface area contributed by atoms with Crippen LogP contribution in [0.25, 0.3) is 5.69 Å². The van der Waals surface area contributed by atoms with E-state index in [-0.39, 0.29) is 11.7 Å². The Bertz CT molecular complexity index is 590. The molecule has 106 valence electrons. The number of thioether (sulfide) groups is 1. The van der Waals surface area contributed by atoms with Crippen molar-refractivity contribution in [1.82, 2.24) is 20.2 Å². The van der Waals surface area contributed by atoms with E-state index >= 15 is 0 Å². The van der Waals surface area contributed by atoms with Crippen LogP contribution in [0.15, 0.2) is 29.4 Å². The number of halogens is 1. The molecular weight excluding hydrogens is 348 g/mol. The molecule has 7 nitrogen and oxygen atoms in total. The molecule has 9 heteroatoms. The molecule has 1 aromatic heterocycles. The molecule has 0 fully saturated rings. The second-order valence-corrected chi connectivity index (χ2v) is 5.78. The minimum atomic E-state index is -0.428. The van der Waals surface area contributed by atoms with Gasteiger partial charge >= 0.3 is 5.97 Å². The average Bonchev–Trinajstić information content (AvgIpc) is 2.93. The lowest BCUT2D eigenvalue weighted by Gasteiger charge is -2.07. The maximum Gasteiger partial charge on any atom is 0.320 e. The minimum absolute atomic E-state index is 0.169. The van der Waals surface area contributed by atoms with Crippen LogP contribution in [0.2, 0.25) is 0 Å². The van der Waals surface area contributed by atoms with Crippen molar-refractivity contribution in [2.24, 2.45) is 0 Å². The van der Waals surface area contributed by atoms with Gasteiger partial charge in [-0.05, 0) is 34.7 Å². The summed E-state index contributed by atoms with van der Waals surface area (Å²) in [4.78, 5) is 10.9. The monoisotopic (exact) mass is 358 g/mol. The Morgan fingerprint density at radius 1 is 1.50 bits per heavy atom. The highest BCUT2D eigenvalue weighted by atomic mass is 79.9. The number of tetrazole rings is 1. The van der Waals surface area contributed by atoms with Crippen LogP contribution in [0.5, 0.6) is 5.75 Å². The molecule has 0 saturated heterocycles. The molecule has 0 aliphatic heterocycles. The Morgan fingerprint density at radius 3 is 2.85 bits per heavy atom. The Hall–Kier alpha value is -1.61. The van der Waals surface area contributed by atoms with Gasteiger partial charge in [0.05, 0.1) is 12.8 Å². The summed E-state index contributed by atoms with van der Waals surface area (Å²) in [7, 11) is 1.34. The molecule has 0 spiro atoms. The van der Waals surface area contributed by atoms with E-state index in [0.717, 1.165) is 5.69 Å². The molecule has 2 aromatic rings. The molecule has 1 heterocycles. The van der Waals surface area contributed by atoms with Gasteiger partial charge in [-0.25, -0.2) is 0 Å². The molecule has 0 aliphatic rings. The normalized spacial score (nSPS) is 12.1. The number of phenols is 1. The molecule has 0 radical (unpaired) electrons. The summed E-state index contributed by atoms with van der Waals surface area (Å²) >= 11 is 4.55. The smallest absolute Gasteiger partial charge is 0.320 e. The van der Waals surface area contributed by atoms with Gasteiger partial charge in [0.2, 0.25) is 5.16 Å². The third kappa shape index (κ3) is 3.48. The lowest BCUT2D eigenvalue weighted by molar-refractivity contribution is -0.139. The fraction of sp³-hybridized carbons (Fsp3) is 0.273. The summed E-state index contributed by atoms with van der Waals surface area (Å²) in [5, 5.41) is 21.2. The van der Waals surface area contributed by atoms with E-state index in [1.807, 2.05) is 0 Å². The predicted molar refractivity (Wildman–Crippen MR) is 76.3 cm³/mol. The van der Waals surface area contributed by atoms with Crippen LogP contribution in [0.3, 0.4) is 0 Å². The van der Waals surface area contributed by atoms with E-state index in [1.165, 1.54) is 23.6 Å². The third-order valence-electron chi connectivity index (χ3n) is 2.35. The van der Waals surface area contributed by atoms with Gasteiger partial charge in [-0.15, -0.1) is 5.10 Å². The first-order valence-electron chi connectivity index (χ1n) is 5.54.